The third-order valence-electron chi connectivity index (χ3n) is 4.36. The van der Waals surface area contributed by atoms with Gasteiger partial charge in [0.25, 0.3) is 0 Å². The Labute approximate surface area is 109 Å². The third-order valence-corrected chi connectivity index (χ3v) is 4.36. The fraction of sp³-hybridized carbons (Fsp3) is 0.562. The van der Waals surface area contributed by atoms with Crippen LogP contribution >= 0.6 is 0 Å². The molecule has 2 aliphatic rings. The number of hydrogen-bond donors (Lipinski definition) is 0. The Morgan fingerprint density at radius 2 is 2.22 bits per heavy atom. The Bertz CT molecular complexity index is 462. The number of Topliss-reactive ketones (excluding diaryl/α,β-unsaturated/α-hetero) is 1. The topological polar surface area (TPSA) is 20.3 Å². The van der Waals surface area contributed by atoms with Crippen molar-refractivity contribution in [3.05, 3.63) is 29.3 Å². The molecule has 1 aromatic carbocycles. The van der Waals surface area contributed by atoms with Crippen LogP contribution in [0.5, 0.6) is 0 Å². The van der Waals surface area contributed by atoms with Gasteiger partial charge in [-0.25, -0.2) is 0 Å². The molecule has 1 aliphatic heterocycles. The summed E-state index contributed by atoms with van der Waals surface area (Å²) < 4.78 is 0. The lowest BCUT2D eigenvalue weighted by Gasteiger charge is -2.31. The first-order valence-corrected chi connectivity index (χ1v) is 7.09. The van der Waals surface area contributed by atoms with E-state index < -0.39 is 0 Å². The van der Waals surface area contributed by atoms with Crippen LogP contribution in [0.4, 0.5) is 5.69 Å². The van der Waals surface area contributed by atoms with Crippen molar-refractivity contribution >= 4 is 11.5 Å². The van der Waals surface area contributed by atoms with Gasteiger partial charge in [-0.05, 0) is 49.3 Å². The van der Waals surface area contributed by atoms with Gasteiger partial charge in [0.2, 0.25) is 0 Å². The SMILES string of the molecule is CC(=O)Cc1cccc2c1CCN2CC1CCC1. The maximum atomic E-state index is 11.3. The molecule has 0 radical (unpaired) electrons. The fourth-order valence-electron chi connectivity index (χ4n) is 3.18. The van der Waals surface area contributed by atoms with Crippen molar-refractivity contribution < 1.29 is 4.79 Å². The zero-order valence-corrected chi connectivity index (χ0v) is 11.1. The van der Waals surface area contributed by atoms with Crippen LogP contribution in [-0.2, 0) is 17.6 Å². The van der Waals surface area contributed by atoms with E-state index in [1.165, 1.54) is 42.6 Å². The number of rotatable bonds is 4. The van der Waals surface area contributed by atoms with Gasteiger partial charge in [0, 0.05) is 25.2 Å². The Balaban J connectivity index is 1.80. The number of fused-ring (bicyclic) bond motifs is 1. The summed E-state index contributed by atoms with van der Waals surface area (Å²) in [7, 11) is 0. The van der Waals surface area contributed by atoms with E-state index in [2.05, 4.69) is 23.1 Å². The maximum absolute atomic E-state index is 11.3. The van der Waals surface area contributed by atoms with Gasteiger partial charge in [0.05, 0.1) is 0 Å². The van der Waals surface area contributed by atoms with Crippen LogP contribution in [0.2, 0.25) is 0 Å². The van der Waals surface area contributed by atoms with Gasteiger partial charge >= 0.3 is 0 Å². The van der Waals surface area contributed by atoms with Crippen LogP contribution in [0.25, 0.3) is 0 Å². The average Bonchev–Trinajstić information content (AvgIpc) is 2.67. The predicted octanol–water partition coefficient (Wildman–Crippen LogP) is 2.98. The molecule has 1 heterocycles. The Kier molecular flexibility index (Phi) is 3.11. The van der Waals surface area contributed by atoms with Crippen LogP contribution in [0, 0.1) is 5.92 Å². The number of nitrogens with zero attached hydrogens (tertiary/aromatic N) is 1. The summed E-state index contributed by atoms with van der Waals surface area (Å²) >= 11 is 0. The van der Waals surface area contributed by atoms with Gasteiger partial charge in [0.1, 0.15) is 5.78 Å². The van der Waals surface area contributed by atoms with Crippen molar-refractivity contribution in [1.29, 1.82) is 0 Å². The van der Waals surface area contributed by atoms with E-state index in [4.69, 9.17) is 0 Å². The van der Waals surface area contributed by atoms with Crippen LogP contribution in [-0.4, -0.2) is 18.9 Å². The summed E-state index contributed by atoms with van der Waals surface area (Å²) in [4.78, 5) is 13.8. The summed E-state index contributed by atoms with van der Waals surface area (Å²) in [5, 5.41) is 0. The zero-order valence-electron chi connectivity index (χ0n) is 11.1. The molecule has 0 bridgehead atoms. The minimum absolute atomic E-state index is 0.265. The molecule has 2 nitrogen and oxygen atoms in total. The lowest BCUT2D eigenvalue weighted by atomic mass is 9.85. The van der Waals surface area contributed by atoms with Crippen molar-refractivity contribution in [3.8, 4) is 0 Å². The molecule has 1 aromatic rings. The molecule has 0 amide bonds. The molecule has 0 saturated heterocycles. The second-order valence-electron chi connectivity index (χ2n) is 5.79. The summed E-state index contributed by atoms with van der Waals surface area (Å²) in [5.41, 5.74) is 4.06. The van der Waals surface area contributed by atoms with Gasteiger partial charge in [-0.3, -0.25) is 4.79 Å². The summed E-state index contributed by atoms with van der Waals surface area (Å²) in [5.74, 6) is 1.17. The van der Waals surface area contributed by atoms with E-state index in [9.17, 15) is 4.79 Å². The average molecular weight is 243 g/mol. The lowest BCUT2D eigenvalue weighted by Crippen LogP contribution is -2.31. The highest BCUT2D eigenvalue weighted by Crippen LogP contribution is 2.35. The van der Waals surface area contributed by atoms with Gasteiger partial charge in [0.15, 0.2) is 0 Å². The normalized spacial score (nSPS) is 18.6. The highest BCUT2D eigenvalue weighted by Gasteiger charge is 2.26. The molecular weight excluding hydrogens is 222 g/mol. The first kappa shape index (κ1) is 11.8. The van der Waals surface area contributed by atoms with Crippen LogP contribution < -0.4 is 4.90 Å². The first-order chi connectivity index (χ1) is 8.74. The highest BCUT2D eigenvalue weighted by molar-refractivity contribution is 5.79. The van der Waals surface area contributed by atoms with E-state index in [-0.39, 0.29) is 5.78 Å². The third kappa shape index (κ3) is 2.16. The second-order valence-corrected chi connectivity index (χ2v) is 5.79. The lowest BCUT2D eigenvalue weighted by molar-refractivity contribution is -0.116. The standard InChI is InChI=1S/C16H21NO/c1-12(18)10-14-6-3-7-16-15(14)8-9-17(16)11-13-4-2-5-13/h3,6-7,13H,2,4-5,8-11H2,1H3. The Morgan fingerprint density at radius 3 is 2.89 bits per heavy atom. The Morgan fingerprint density at radius 1 is 1.39 bits per heavy atom. The van der Waals surface area contributed by atoms with E-state index in [1.54, 1.807) is 6.92 Å². The van der Waals surface area contributed by atoms with E-state index in [1.807, 2.05) is 0 Å². The van der Waals surface area contributed by atoms with E-state index in [0.29, 0.717) is 6.42 Å². The molecule has 0 spiro atoms. The van der Waals surface area contributed by atoms with Gasteiger partial charge < -0.3 is 4.90 Å². The highest BCUT2D eigenvalue weighted by atomic mass is 16.1. The minimum atomic E-state index is 0.265. The summed E-state index contributed by atoms with van der Waals surface area (Å²) in [6, 6.07) is 6.45. The molecule has 0 aromatic heterocycles. The van der Waals surface area contributed by atoms with Gasteiger partial charge in [-0.15, -0.1) is 0 Å². The van der Waals surface area contributed by atoms with Crippen molar-refractivity contribution in [2.45, 2.75) is 39.0 Å². The fourth-order valence-corrected chi connectivity index (χ4v) is 3.18. The van der Waals surface area contributed by atoms with Crippen LogP contribution in [0.15, 0.2) is 18.2 Å². The molecule has 3 rings (SSSR count). The minimum Gasteiger partial charge on any atom is -0.371 e. The number of carbonyl (C=O) groups excluding carboxylic acids is 1. The molecule has 0 N–H and O–H groups in total. The van der Waals surface area contributed by atoms with Gasteiger partial charge in [-0.2, -0.15) is 0 Å². The van der Waals surface area contributed by atoms with Crippen LogP contribution in [0.1, 0.15) is 37.3 Å². The number of anilines is 1. The van der Waals surface area contributed by atoms with Gasteiger partial charge in [-0.1, -0.05) is 18.6 Å². The molecular formula is C16H21NO. The van der Waals surface area contributed by atoms with Crippen molar-refractivity contribution in [2.24, 2.45) is 5.92 Å². The number of ketones is 1. The molecule has 0 atom stereocenters. The smallest absolute Gasteiger partial charge is 0.134 e. The van der Waals surface area contributed by atoms with E-state index >= 15 is 0 Å². The maximum Gasteiger partial charge on any atom is 0.134 e. The van der Waals surface area contributed by atoms with Crippen molar-refractivity contribution in [1.82, 2.24) is 0 Å². The largest absolute Gasteiger partial charge is 0.371 e. The predicted molar refractivity (Wildman–Crippen MR) is 74.1 cm³/mol. The molecule has 1 fully saturated rings. The van der Waals surface area contributed by atoms with Crippen molar-refractivity contribution in [2.75, 3.05) is 18.0 Å². The monoisotopic (exact) mass is 243 g/mol. The second kappa shape index (κ2) is 4.75. The molecule has 1 aliphatic carbocycles. The quantitative estimate of drug-likeness (QED) is 0.810. The molecule has 18 heavy (non-hydrogen) atoms. The van der Waals surface area contributed by atoms with Crippen molar-refractivity contribution in [3.63, 3.8) is 0 Å². The van der Waals surface area contributed by atoms with E-state index in [0.717, 1.165) is 18.9 Å². The molecule has 1 saturated carbocycles. The summed E-state index contributed by atoms with van der Waals surface area (Å²) in [6.07, 6.45) is 5.93. The first-order valence-electron chi connectivity index (χ1n) is 7.09. The number of carbonyl (C=O) groups is 1. The zero-order chi connectivity index (χ0) is 12.5. The summed E-state index contributed by atoms with van der Waals surface area (Å²) in [6.45, 7) is 4.04. The Hall–Kier alpha value is -1.31. The number of benzene rings is 1. The molecule has 0 unspecified atom stereocenters. The molecule has 96 valence electrons. The van der Waals surface area contributed by atoms with Crippen LogP contribution in [0.3, 0.4) is 0 Å². The molecule has 2 heteroatoms. The number of hydrogen-bond acceptors (Lipinski definition) is 2.